The Morgan fingerprint density at radius 3 is 1.12 bits per heavy atom. The second kappa shape index (κ2) is 7.80. The predicted molar refractivity (Wildman–Crippen MR) is 27.9 cm³/mol. The van der Waals surface area contributed by atoms with Crippen LogP contribution in [0.25, 0.3) is 0 Å². The summed E-state index contributed by atoms with van der Waals surface area (Å²) in [5.74, 6) is 0. The van der Waals surface area contributed by atoms with Crippen LogP contribution in [0, 0.1) is 0 Å². The van der Waals surface area contributed by atoms with Gasteiger partial charge in [0.2, 0.25) is 0 Å². The average molecular weight is 183 g/mol. The first-order chi connectivity index (χ1) is 3.35. The first-order valence-corrected chi connectivity index (χ1v) is 2.87. The quantitative estimate of drug-likeness (QED) is 0.484. The van der Waals surface area contributed by atoms with Crippen molar-refractivity contribution in [2.75, 3.05) is 21.3 Å². The Bertz CT molecular complexity index is 36.0. The zero-order chi connectivity index (χ0) is 5.70. The van der Waals surface area contributed by atoms with Gasteiger partial charge in [0, 0.05) is 37.8 Å². The third kappa shape index (κ3) is 4.95. The van der Waals surface area contributed by atoms with Gasteiger partial charge in [-0.1, -0.05) is 0 Å². The van der Waals surface area contributed by atoms with Crippen LogP contribution in [0.1, 0.15) is 0 Å². The molecule has 8 heavy (non-hydrogen) atoms. The summed E-state index contributed by atoms with van der Waals surface area (Å²) in [6.45, 7) is 0. The molecule has 0 radical (unpaired) electrons. The van der Waals surface area contributed by atoms with Crippen molar-refractivity contribution in [3.05, 3.63) is 0 Å². The van der Waals surface area contributed by atoms with Gasteiger partial charge in [-0.15, -0.1) is 0 Å². The smallest absolute Gasteiger partial charge is 0.316 e. The first kappa shape index (κ1) is 11.6. The van der Waals surface area contributed by atoms with Crippen LogP contribution < -0.4 is 0 Å². The van der Waals surface area contributed by atoms with Crippen molar-refractivity contribution >= 4 is 8.60 Å². The second-order valence-corrected chi connectivity index (χ2v) is 2.31. The Balaban J connectivity index is 0. The summed E-state index contributed by atoms with van der Waals surface area (Å²) in [4.78, 5) is 0. The normalized spacial score (nSPS) is 9.00. The van der Waals surface area contributed by atoms with E-state index in [9.17, 15) is 0 Å². The van der Waals surface area contributed by atoms with Crippen molar-refractivity contribution in [3.8, 4) is 0 Å². The summed E-state index contributed by atoms with van der Waals surface area (Å²) < 4.78 is 14.0. The maximum Gasteiger partial charge on any atom is 0.331 e. The maximum absolute atomic E-state index is 4.67. The fourth-order valence-electron chi connectivity index (χ4n) is 0.224. The Kier molecular flexibility index (Phi) is 11.3. The van der Waals surface area contributed by atoms with Gasteiger partial charge in [0.15, 0.2) is 0 Å². The molecule has 0 unspecified atom stereocenters. The molecule has 0 aliphatic rings. The van der Waals surface area contributed by atoms with Gasteiger partial charge in [-0.3, -0.25) is 0 Å². The number of rotatable bonds is 3. The third-order valence-electron chi connectivity index (χ3n) is 0.447. The van der Waals surface area contributed by atoms with E-state index in [-0.39, 0.29) is 16.5 Å². The molecule has 0 aromatic rings. The second-order valence-electron chi connectivity index (χ2n) is 0.771. The molecule has 0 aromatic carbocycles. The van der Waals surface area contributed by atoms with Gasteiger partial charge in [-0.05, 0) is 0 Å². The van der Waals surface area contributed by atoms with Crippen molar-refractivity contribution in [2.45, 2.75) is 0 Å². The topological polar surface area (TPSA) is 27.7 Å². The Hall–Kier alpha value is 0.804. The van der Waals surface area contributed by atoms with Crippen LogP contribution in [-0.2, 0) is 30.1 Å². The van der Waals surface area contributed by atoms with E-state index in [1.807, 2.05) is 0 Å². The van der Waals surface area contributed by atoms with E-state index in [1.54, 1.807) is 21.3 Å². The zero-order valence-corrected chi connectivity index (χ0v) is 6.87. The van der Waals surface area contributed by atoms with Crippen molar-refractivity contribution in [1.82, 2.24) is 0 Å². The van der Waals surface area contributed by atoms with Crippen LogP contribution in [0.2, 0.25) is 0 Å². The van der Waals surface area contributed by atoms with Crippen LogP contribution in [0.3, 0.4) is 0 Å². The fourth-order valence-corrected chi connectivity index (χ4v) is 0.671. The van der Waals surface area contributed by atoms with Crippen molar-refractivity contribution < 1.29 is 30.1 Å². The summed E-state index contributed by atoms with van der Waals surface area (Å²) in [5.41, 5.74) is 0. The molecule has 0 saturated heterocycles. The van der Waals surface area contributed by atoms with Gasteiger partial charge >= 0.3 is 8.60 Å². The molecule has 0 aliphatic heterocycles. The van der Waals surface area contributed by atoms with E-state index >= 15 is 0 Å². The molecular formula is C3H9NiO3P. The SMILES string of the molecule is COP(OC)OC.[Ni]. The number of hydrogen-bond donors (Lipinski definition) is 0. The van der Waals surface area contributed by atoms with Crippen LogP contribution in [0.15, 0.2) is 0 Å². The average Bonchev–Trinajstić information content (AvgIpc) is 1.72. The molecule has 0 heterocycles. The largest absolute Gasteiger partial charge is 0.331 e. The molecule has 0 spiro atoms. The third-order valence-corrected chi connectivity index (χ3v) is 1.34. The van der Waals surface area contributed by atoms with Gasteiger partial charge in [0.25, 0.3) is 0 Å². The molecule has 0 fully saturated rings. The molecule has 0 aromatic heterocycles. The summed E-state index contributed by atoms with van der Waals surface area (Å²) in [5, 5.41) is 0. The minimum atomic E-state index is -1.05. The molecule has 0 atom stereocenters. The van der Waals surface area contributed by atoms with E-state index < -0.39 is 8.60 Å². The Morgan fingerprint density at radius 1 is 0.875 bits per heavy atom. The van der Waals surface area contributed by atoms with Crippen LogP contribution in [0.5, 0.6) is 0 Å². The summed E-state index contributed by atoms with van der Waals surface area (Å²) in [6, 6.07) is 0. The molecule has 0 amide bonds. The summed E-state index contributed by atoms with van der Waals surface area (Å²) in [7, 11) is 3.57. The molecule has 54 valence electrons. The van der Waals surface area contributed by atoms with Gasteiger partial charge in [-0.25, -0.2) is 0 Å². The summed E-state index contributed by atoms with van der Waals surface area (Å²) >= 11 is 0. The monoisotopic (exact) mass is 182 g/mol. The standard InChI is InChI=1S/C3H9O3P.Ni/c1-4-7(5-2)6-3;/h1-3H3;. The van der Waals surface area contributed by atoms with Crippen LogP contribution >= 0.6 is 8.60 Å². The molecule has 0 N–H and O–H groups in total. The van der Waals surface area contributed by atoms with Crippen molar-refractivity contribution in [3.63, 3.8) is 0 Å². The van der Waals surface area contributed by atoms with E-state index in [0.717, 1.165) is 0 Å². The minimum Gasteiger partial charge on any atom is -0.316 e. The molecule has 0 rings (SSSR count). The molecule has 3 nitrogen and oxygen atoms in total. The Labute approximate surface area is 60.6 Å². The van der Waals surface area contributed by atoms with Gasteiger partial charge in [0.05, 0.1) is 0 Å². The molecule has 0 saturated carbocycles. The minimum absolute atomic E-state index is 0. The van der Waals surface area contributed by atoms with Crippen molar-refractivity contribution in [2.24, 2.45) is 0 Å². The Morgan fingerprint density at radius 2 is 1.12 bits per heavy atom. The van der Waals surface area contributed by atoms with Crippen LogP contribution in [-0.4, -0.2) is 21.3 Å². The summed E-state index contributed by atoms with van der Waals surface area (Å²) in [6.07, 6.45) is 0. The molecule has 0 aliphatic carbocycles. The van der Waals surface area contributed by atoms with Gasteiger partial charge in [0.1, 0.15) is 0 Å². The first-order valence-electron chi connectivity index (χ1n) is 1.77. The molecule has 5 heteroatoms. The van der Waals surface area contributed by atoms with Crippen molar-refractivity contribution in [1.29, 1.82) is 0 Å². The van der Waals surface area contributed by atoms with E-state index in [0.29, 0.717) is 0 Å². The molecular weight excluding hydrogens is 174 g/mol. The van der Waals surface area contributed by atoms with Gasteiger partial charge in [-0.2, -0.15) is 0 Å². The zero-order valence-electron chi connectivity index (χ0n) is 4.99. The molecule has 0 bridgehead atoms. The van der Waals surface area contributed by atoms with E-state index in [2.05, 4.69) is 13.6 Å². The van der Waals surface area contributed by atoms with Gasteiger partial charge < -0.3 is 13.6 Å². The van der Waals surface area contributed by atoms with Crippen LogP contribution in [0.4, 0.5) is 0 Å². The maximum atomic E-state index is 4.67. The van der Waals surface area contributed by atoms with E-state index in [4.69, 9.17) is 0 Å². The predicted octanol–water partition coefficient (Wildman–Crippen LogP) is 1.15. The fraction of sp³-hybridized carbons (Fsp3) is 1.00. The number of hydrogen-bond acceptors (Lipinski definition) is 3. The van der Waals surface area contributed by atoms with E-state index in [1.165, 1.54) is 0 Å².